The van der Waals surface area contributed by atoms with Crippen LogP contribution in [-0.2, 0) is 0 Å². The summed E-state index contributed by atoms with van der Waals surface area (Å²) in [6, 6.07) is 11.0. The summed E-state index contributed by atoms with van der Waals surface area (Å²) in [6.07, 6.45) is 0. The second-order valence-corrected chi connectivity index (χ2v) is 4.31. The van der Waals surface area contributed by atoms with E-state index >= 15 is 0 Å². The summed E-state index contributed by atoms with van der Waals surface area (Å²) in [7, 11) is 0. The average Bonchev–Trinajstić information content (AvgIpc) is 2.55. The second kappa shape index (κ2) is 9.43. The first-order valence-electron chi connectivity index (χ1n) is 6.37. The van der Waals surface area contributed by atoms with E-state index in [-0.39, 0.29) is 28.4 Å². The van der Waals surface area contributed by atoms with E-state index in [1.807, 2.05) is 0 Å². The van der Waals surface area contributed by atoms with Gasteiger partial charge in [0.2, 0.25) is 0 Å². The first-order valence-corrected chi connectivity index (χ1v) is 6.37. The minimum Gasteiger partial charge on any atom is -0.478 e. The van der Waals surface area contributed by atoms with Crippen molar-refractivity contribution >= 4 is 23.9 Å². The van der Waals surface area contributed by atoms with Crippen LogP contribution in [0.15, 0.2) is 48.5 Å². The van der Waals surface area contributed by atoms with Crippen LogP contribution in [-0.4, -0.2) is 44.3 Å². The molecule has 2 aromatic rings. The van der Waals surface area contributed by atoms with Crippen LogP contribution in [0.25, 0.3) is 0 Å². The molecule has 0 saturated carbocycles. The maximum Gasteiger partial charge on any atom is 0.336 e. The van der Waals surface area contributed by atoms with Crippen LogP contribution in [0.3, 0.4) is 0 Å². The molecular weight excluding hydrogens is 334 g/mol. The Balaban J connectivity index is 0.000000443. The van der Waals surface area contributed by atoms with Crippen LogP contribution in [0.5, 0.6) is 0 Å². The molecule has 0 radical (unpaired) electrons. The van der Waals surface area contributed by atoms with E-state index in [9.17, 15) is 19.2 Å². The van der Waals surface area contributed by atoms with Gasteiger partial charge in [0.15, 0.2) is 0 Å². The number of hydrogen-bond acceptors (Lipinski definition) is 5. The molecule has 0 aromatic heterocycles. The molecule has 0 spiro atoms. The van der Waals surface area contributed by atoms with Crippen molar-refractivity contribution in [1.82, 2.24) is 6.15 Å². The minimum atomic E-state index is -1.23. The van der Waals surface area contributed by atoms with E-state index in [1.54, 1.807) is 0 Å². The van der Waals surface area contributed by atoms with Crippen LogP contribution in [0.1, 0.15) is 41.4 Å². The highest BCUT2D eigenvalue weighted by molar-refractivity contribution is 6.02. The van der Waals surface area contributed by atoms with Crippen molar-refractivity contribution in [2.45, 2.75) is 0 Å². The average molecular weight is 349 g/mol. The van der Waals surface area contributed by atoms with E-state index in [1.165, 1.54) is 48.5 Å². The first kappa shape index (κ1) is 21.3. The van der Waals surface area contributed by atoms with Crippen molar-refractivity contribution in [3.05, 3.63) is 70.8 Å². The lowest BCUT2D eigenvalue weighted by Gasteiger charge is -1.98. The third-order valence-corrected chi connectivity index (χ3v) is 2.78. The third kappa shape index (κ3) is 5.77. The maximum absolute atomic E-state index is 10.5. The highest BCUT2D eigenvalue weighted by Gasteiger charge is 2.14. The van der Waals surface area contributed by atoms with Crippen molar-refractivity contribution in [3.8, 4) is 0 Å². The Labute approximate surface area is 141 Å². The molecule has 0 aliphatic heterocycles. The Morgan fingerprint density at radius 3 is 0.760 bits per heavy atom. The van der Waals surface area contributed by atoms with Gasteiger partial charge in [-0.25, -0.2) is 19.2 Å². The van der Waals surface area contributed by atoms with E-state index in [0.29, 0.717) is 0 Å². The Bertz CT molecular complexity index is 667. The highest BCUT2D eigenvalue weighted by Crippen LogP contribution is 2.08. The van der Waals surface area contributed by atoms with Crippen LogP contribution in [0, 0.1) is 0 Å². The van der Waals surface area contributed by atoms with Crippen molar-refractivity contribution in [1.29, 1.82) is 0 Å². The highest BCUT2D eigenvalue weighted by atomic mass is 16.4. The lowest BCUT2D eigenvalue weighted by atomic mass is 10.1. The number of hydrogen-bond donors (Lipinski definition) is 5. The number of benzene rings is 2. The van der Waals surface area contributed by atoms with Crippen molar-refractivity contribution in [2.75, 3.05) is 0 Å². The summed E-state index contributed by atoms with van der Waals surface area (Å²) < 4.78 is 0. The van der Waals surface area contributed by atoms with Gasteiger partial charge in [-0.2, -0.15) is 0 Å². The monoisotopic (exact) mass is 349 g/mol. The molecule has 9 heteroatoms. The molecule has 2 rings (SSSR count). The summed E-state index contributed by atoms with van der Waals surface area (Å²) in [5.41, 5.74) is -0.759. The van der Waals surface area contributed by atoms with Crippen molar-refractivity contribution in [2.24, 2.45) is 0 Å². The van der Waals surface area contributed by atoms with Gasteiger partial charge in [0.25, 0.3) is 0 Å². The van der Waals surface area contributed by atoms with E-state index < -0.39 is 23.9 Å². The number of rotatable bonds is 4. The SMILES string of the molecule is N.O=C(O)c1ccccc1C(=O)O.O=C(O)c1ccccc1C(=O)O. The van der Waals surface area contributed by atoms with Crippen LogP contribution < -0.4 is 6.15 Å². The fraction of sp³-hybridized carbons (Fsp3) is 0. The van der Waals surface area contributed by atoms with Crippen LogP contribution >= 0.6 is 0 Å². The zero-order valence-electron chi connectivity index (χ0n) is 12.7. The lowest BCUT2D eigenvalue weighted by molar-refractivity contribution is 0.0651. The van der Waals surface area contributed by atoms with Gasteiger partial charge in [0.1, 0.15) is 0 Å². The van der Waals surface area contributed by atoms with Gasteiger partial charge in [-0.3, -0.25) is 0 Å². The summed E-state index contributed by atoms with van der Waals surface area (Å²) >= 11 is 0. The van der Waals surface area contributed by atoms with Crippen LogP contribution in [0.4, 0.5) is 0 Å². The molecule has 25 heavy (non-hydrogen) atoms. The molecule has 0 unspecified atom stereocenters. The topological polar surface area (TPSA) is 184 Å². The molecule has 7 N–H and O–H groups in total. The smallest absolute Gasteiger partial charge is 0.336 e. The van der Waals surface area contributed by atoms with Gasteiger partial charge in [-0.1, -0.05) is 24.3 Å². The van der Waals surface area contributed by atoms with Crippen LogP contribution in [0.2, 0.25) is 0 Å². The Kier molecular flexibility index (Phi) is 8.02. The maximum atomic E-state index is 10.5. The molecule has 9 nitrogen and oxygen atoms in total. The molecule has 0 aliphatic carbocycles. The summed E-state index contributed by atoms with van der Waals surface area (Å²) in [6.45, 7) is 0. The zero-order chi connectivity index (χ0) is 18.3. The number of carboxylic acid groups (broad SMARTS) is 4. The quantitative estimate of drug-likeness (QED) is 0.552. The Morgan fingerprint density at radius 2 is 0.640 bits per heavy atom. The summed E-state index contributed by atoms with van der Waals surface area (Å²) in [5.74, 6) is -4.91. The van der Waals surface area contributed by atoms with Crippen molar-refractivity contribution < 1.29 is 39.6 Å². The minimum absolute atomic E-state index is 0. The molecule has 0 fully saturated rings. The van der Waals surface area contributed by atoms with Gasteiger partial charge in [-0.05, 0) is 24.3 Å². The second-order valence-electron chi connectivity index (χ2n) is 4.31. The van der Waals surface area contributed by atoms with Gasteiger partial charge >= 0.3 is 23.9 Å². The fourth-order valence-corrected chi connectivity index (χ4v) is 1.71. The largest absolute Gasteiger partial charge is 0.478 e. The standard InChI is InChI=1S/2C8H6O4.H3N/c2*9-7(10)5-3-1-2-4-6(5)8(11)12;/h2*1-4H,(H,9,10)(H,11,12);1H3. The fourth-order valence-electron chi connectivity index (χ4n) is 1.71. The molecule has 0 atom stereocenters. The molecule has 0 aliphatic rings. The molecule has 0 bridgehead atoms. The van der Waals surface area contributed by atoms with Gasteiger partial charge in [0, 0.05) is 0 Å². The molecule has 0 amide bonds. The first-order chi connectivity index (χ1) is 11.3. The van der Waals surface area contributed by atoms with Gasteiger partial charge in [0.05, 0.1) is 22.3 Å². The molecule has 132 valence electrons. The van der Waals surface area contributed by atoms with Gasteiger partial charge < -0.3 is 26.6 Å². The van der Waals surface area contributed by atoms with Crippen molar-refractivity contribution in [3.63, 3.8) is 0 Å². The molecule has 0 saturated heterocycles. The summed E-state index contributed by atoms with van der Waals surface area (Å²) in [5, 5.41) is 34.2. The van der Waals surface area contributed by atoms with E-state index in [2.05, 4.69) is 0 Å². The molecular formula is C16H15NO8. The van der Waals surface area contributed by atoms with Gasteiger partial charge in [-0.15, -0.1) is 0 Å². The predicted molar refractivity (Wildman–Crippen MR) is 85.7 cm³/mol. The molecule has 0 heterocycles. The van der Waals surface area contributed by atoms with E-state index in [4.69, 9.17) is 20.4 Å². The number of carbonyl (C=O) groups is 4. The number of carboxylic acids is 4. The summed E-state index contributed by atoms with van der Waals surface area (Å²) in [4.78, 5) is 41.9. The number of aromatic carboxylic acids is 4. The molecule has 2 aromatic carbocycles. The Hall–Kier alpha value is -3.72. The van der Waals surface area contributed by atoms with E-state index in [0.717, 1.165) is 0 Å². The Morgan fingerprint density at radius 1 is 0.480 bits per heavy atom. The lowest BCUT2D eigenvalue weighted by Crippen LogP contribution is -2.06. The zero-order valence-corrected chi connectivity index (χ0v) is 12.7. The predicted octanol–water partition coefficient (Wildman–Crippen LogP) is 2.33. The normalized spacial score (nSPS) is 8.96. The third-order valence-electron chi connectivity index (χ3n) is 2.78.